The van der Waals surface area contributed by atoms with E-state index in [9.17, 15) is 14.0 Å². The number of benzene rings is 1. The van der Waals surface area contributed by atoms with Gasteiger partial charge in [-0.15, -0.1) is 17.9 Å². The number of thiophene rings is 1. The Morgan fingerprint density at radius 2 is 2.14 bits per heavy atom. The van der Waals surface area contributed by atoms with E-state index in [1.165, 1.54) is 28.0 Å². The number of hydrogen-bond donors (Lipinski definition) is 1. The number of rotatable bonds is 6. The summed E-state index contributed by atoms with van der Waals surface area (Å²) in [5.74, 6) is -0.867. The normalized spacial score (nSPS) is 12.1. The van der Waals surface area contributed by atoms with Gasteiger partial charge in [-0.2, -0.15) is 0 Å². The van der Waals surface area contributed by atoms with Crippen LogP contribution in [0.1, 0.15) is 17.4 Å². The molecule has 1 N–H and O–H groups in total. The molecule has 0 aliphatic heterocycles. The number of carbonyl (C=O) groups excluding carboxylic acids is 1. The quantitative estimate of drug-likeness (QED) is 0.364. The van der Waals surface area contributed by atoms with Crippen molar-refractivity contribution in [1.29, 1.82) is 0 Å². The number of amides is 1. The van der Waals surface area contributed by atoms with E-state index in [2.05, 4.69) is 16.9 Å². The van der Waals surface area contributed by atoms with Crippen LogP contribution in [0.5, 0.6) is 0 Å². The summed E-state index contributed by atoms with van der Waals surface area (Å²) < 4.78 is 15.3. The number of carbonyl (C=O) groups is 1. The molecule has 0 aliphatic rings. The molecule has 0 fully saturated rings. The molecule has 0 bridgehead atoms. The van der Waals surface area contributed by atoms with Gasteiger partial charge >= 0.3 is 0 Å². The second-order valence-corrected chi connectivity index (χ2v) is 8.80. The molecule has 0 saturated carbocycles. The minimum Gasteiger partial charge on any atom is -0.323 e. The van der Waals surface area contributed by atoms with Crippen molar-refractivity contribution in [1.82, 2.24) is 9.55 Å². The molecule has 0 radical (unpaired) electrons. The van der Waals surface area contributed by atoms with Crippen LogP contribution < -0.4 is 10.9 Å². The number of fused-ring (bicyclic) bond motifs is 1. The van der Waals surface area contributed by atoms with E-state index in [-0.39, 0.29) is 17.2 Å². The molecule has 2 aromatic heterocycles. The van der Waals surface area contributed by atoms with Crippen LogP contribution in [0.2, 0.25) is 0 Å². The summed E-state index contributed by atoms with van der Waals surface area (Å²) in [6.45, 7) is 9.56. The Bertz CT molecular complexity index is 1120. The van der Waals surface area contributed by atoms with Crippen LogP contribution in [0.3, 0.4) is 0 Å². The first-order chi connectivity index (χ1) is 13.3. The van der Waals surface area contributed by atoms with Crippen molar-refractivity contribution in [3.63, 3.8) is 0 Å². The average Bonchev–Trinajstić information content (AvgIpc) is 2.94. The van der Waals surface area contributed by atoms with Crippen molar-refractivity contribution in [2.24, 2.45) is 0 Å². The number of aryl methyl sites for hydroxylation is 2. The van der Waals surface area contributed by atoms with Gasteiger partial charge < -0.3 is 5.32 Å². The summed E-state index contributed by atoms with van der Waals surface area (Å²) in [5, 5.41) is 3.05. The zero-order valence-corrected chi connectivity index (χ0v) is 17.4. The number of nitrogens with zero attached hydrogens (tertiary/aromatic N) is 2. The molecule has 3 aromatic rings. The highest BCUT2D eigenvalue weighted by molar-refractivity contribution is 8.00. The zero-order valence-electron chi connectivity index (χ0n) is 15.8. The Morgan fingerprint density at radius 3 is 2.82 bits per heavy atom. The molecular formula is C20H20FN3O2S2. The van der Waals surface area contributed by atoms with Crippen molar-refractivity contribution < 1.29 is 9.18 Å². The predicted molar refractivity (Wildman–Crippen MR) is 114 cm³/mol. The Labute approximate surface area is 170 Å². The third-order valence-electron chi connectivity index (χ3n) is 4.35. The SMILES string of the molecule is C=CCn1c(S[C@H](C)C(=O)Nc2ccccc2F)nc2sc(C)c(C)c2c1=O. The van der Waals surface area contributed by atoms with Crippen LogP contribution in [-0.2, 0) is 11.3 Å². The van der Waals surface area contributed by atoms with Crippen LogP contribution in [0, 0.1) is 19.7 Å². The Hall–Kier alpha value is -2.45. The Morgan fingerprint density at radius 1 is 1.43 bits per heavy atom. The van der Waals surface area contributed by atoms with Gasteiger partial charge in [0.15, 0.2) is 5.16 Å². The van der Waals surface area contributed by atoms with Crippen molar-refractivity contribution in [3.05, 3.63) is 63.5 Å². The number of nitrogens with one attached hydrogen (secondary N) is 1. The molecule has 3 rings (SSSR count). The lowest BCUT2D eigenvalue weighted by molar-refractivity contribution is -0.115. The molecule has 8 heteroatoms. The maximum Gasteiger partial charge on any atom is 0.263 e. The highest BCUT2D eigenvalue weighted by Gasteiger charge is 2.21. The van der Waals surface area contributed by atoms with E-state index in [0.717, 1.165) is 22.2 Å². The maximum absolute atomic E-state index is 13.8. The molecule has 0 aliphatic carbocycles. The van der Waals surface area contributed by atoms with Gasteiger partial charge in [-0.05, 0) is 38.5 Å². The van der Waals surface area contributed by atoms with E-state index in [1.54, 1.807) is 25.1 Å². The first-order valence-corrected chi connectivity index (χ1v) is 10.4. The summed E-state index contributed by atoms with van der Waals surface area (Å²) in [6.07, 6.45) is 1.62. The molecule has 1 amide bonds. The van der Waals surface area contributed by atoms with Gasteiger partial charge in [0.05, 0.1) is 16.3 Å². The molecule has 0 spiro atoms. The lowest BCUT2D eigenvalue weighted by Crippen LogP contribution is -2.27. The summed E-state index contributed by atoms with van der Waals surface area (Å²) >= 11 is 2.62. The molecule has 28 heavy (non-hydrogen) atoms. The lowest BCUT2D eigenvalue weighted by Gasteiger charge is -2.15. The standard InChI is InChI=1S/C20H20FN3O2S2/c1-5-10-24-19(26)16-11(2)12(3)27-18(16)23-20(24)28-13(4)17(25)22-15-9-7-6-8-14(15)21/h5-9,13H,1,10H2,2-4H3,(H,22,25)/t13-/m1/s1. The molecule has 1 aromatic carbocycles. The first kappa shape index (κ1) is 20.3. The Balaban J connectivity index is 1.93. The van der Waals surface area contributed by atoms with E-state index in [4.69, 9.17) is 0 Å². The molecule has 0 saturated heterocycles. The smallest absolute Gasteiger partial charge is 0.263 e. The number of aromatic nitrogens is 2. The van der Waals surface area contributed by atoms with Crippen molar-refractivity contribution in [3.8, 4) is 0 Å². The highest BCUT2D eigenvalue weighted by atomic mass is 32.2. The van der Waals surface area contributed by atoms with E-state index < -0.39 is 11.1 Å². The molecule has 146 valence electrons. The molecular weight excluding hydrogens is 397 g/mol. The van der Waals surface area contributed by atoms with Crippen LogP contribution in [0.25, 0.3) is 10.2 Å². The van der Waals surface area contributed by atoms with Crippen molar-refractivity contribution in [2.75, 3.05) is 5.32 Å². The third-order valence-corrected chi connectivity index (χ3v) is 6.54. The number of thioether (sulfide) groups is 1. The average molecular weight is 418 g/mol. The molecule has 5 nitrogen and oxygen atoms in total. The maximum atomic E-state index is 13.8. The highest BCUT2D eigenvalue weighted by Crippen LogP contribution is 2.30. The molecule has 2 heterocycles. The number of allylic oxidation sites excluding steroid dienone is 1. The second-order valence-electron chi connectivity index (χ2n) is 6.29. The van der Waals surface area contributed by atoms with Crippen LogP contribution in [0.15, 0.2) is 46.9 Å². The second kappa shape index (κ2) is 8.28. The number of halogens is 1. The van der Waals surface area contributed by atoms with E-state index in [0.29, 0.717) is 21.9 Å². The van der Waals surface area contributed by atoms with Gasteiger partial charge in [0, 0.05) is 11.4 Å². The van der Waals surface area contributed by atoms with Gasteiger partial charge in [-0.25, -0.2) is 9.37 Å². The third kappa shape index (κ3) is 3.88. The monoisotopic (exact) mass is 417 g/mol. The van der Waals surface area contributed by atoms with Gasteiger partial charge in [-0.3, -0.25) is 14.2 Å². The lowest BCUT2D eigenvalue weighted by atomic mass is 10.2. The van der Waals surface area contributed by atoms with Gasteiger partial charge in [-0.1, -0.05) is 30.0 Å². The minimum atomic E-state index is -0.581. The largest absolute Gasteiger partial charge is 0.323 e. The van der Waals surface area contributed by atoms with Crippen LogP contribution in [0.4, 0.5) is 10.1 Å². The zero-order chi connectivity index (χ0) is 20.4. The first-order valence-electron chi connectivity index (χ1n) is 8.67. The van der Waals surface area contributed by atoms with Gasteiger partial charge in [0.1, 0.15) is 10.6 Å². The fraction of sp³-hybridized carbons (Fsp3) is 0.250. The van der Waals surface area contributed by atoms with E-state index >= 15 is 0 Å². The summed E-state index contributed by atoms with van der Waals surface area (Å²) in [6, 6.07) is 5.99. The fourth-order valence-electron chi connectivity index (χ4n) is 2.70. The minimum absolute atomic E-state index is 0.122. The number of hydrogen-bond acceptors (Lipinski definition) is 5. The van der Waals surface area contributed by atoms with Gasteiger partial charge in [0.2, 0.25) is 5.91 Å². The van der Waals surface area contributed by atoms with Crippen LogP contribution >= 0.6 is 23.1 Å². The fourth-order valence-corrected chi connectivity index (χ4v) is 4.69. The van der Waals surface area contributed by atoms with E-state index in [1.807, 2.05) is 13.8 Å². The van der Waals surface area contributed by atoms with Crippen LogP contribution in [-0.4, -0.2) is 20.7 Å². The Kier molecular flexibility index (Phi) is 6.00. The summed E-state index contributed by atoms with van der Waals surface area (Å²) in [7, 11) is 0. The topological polar surface area (TPSA) is 64.0 Å². The van der Waals surface area contributed by atoms with Crippen molar-refractivity contribution >= 4 is 44.9 Å². The predicted octanol–water partition coefficient (Wildman–Crippen LogP) is 4.52. The van der Waals surface area contributed by atoms with Gasteiger partial charge in [0.25, 0.3) is 5.56 Å². The summed E-state index contributed by atoms with van der Waals surface area (Å²) in [4.78, 5) is 31.8. The molecule has 1 atom stereocenters. The number of para-hydroxylation sites is 1. The summed E-state index contributed by atoms with van der Waals surface area (Å²) in [5.41, 5.74) is 0.907. The number of anilines is 1. The van der Waals surface area contributed by atoms with Crippen molar-refractivity contribution in [2.45, 2.75) is 37.7 Å². The molecule has 0 unspecified atom stereocenters.